The summed E-state index contributed by atoms with van der Waals surface area (Å²) in [5.74, 6) is 0. The van der Waals surface area contributed by atoms with Crippen LogP contribution in [-0.4, -0.2) is 44.3 Å². The molecule has 1 aliphatic heterocycles. The van der Waals surface area contributed by atoms with Gasteiger partial charge in [-0.2, -0.15) is 0 Å². The molecule has 0 bridgehead atoms. The van der Waals surface area contributed by atoms with Crippen LogP contribution in [0.15, 0.2) is 0 Å². The lowest BCUT2D eigenvalue weighted by atomic mass is 9.95. The fraction of sp³-hybridized carbons (Fsp3) is 1.00. The summed E-state index contributed by atoms with van der Waals surface area (Å²) in [7, 11) is 0. The molecule has 84 valence electrons. The highest BCUT2D eigenvalue weighted by Crippen LogP contribution is 2.11. The second kappa shape index (κ2) is 5.66. The van der Waals surface area contributed by atoms with Crippen molar-refractivity contribution in [2.45, 2.75) is 26.4 Å². The second-order valence-electron chi connectivity index (χ2n) is 4.56. The van der Waals surface area contributed by atoms with E-state index in [1.807, 2.05) is 13.8 Å². The van der Waals surface area contributed by atoms with Gasteiger partial charge < -0.3 is 19.9 Å². The largest absolute Gasteiger partial charge is 0.396 e. The van der Waals surface area contributed by atoms with Crippen LogP contribution >= 0.6 is 0 Å². The van der Waals surface area contributed by atoms with Crippen molar-refractivity contribution in [1.82, 2.24) is 5.32 Å². The molecular weight excluding hydrogens is 182 g/mol. The molecule has 0 radical (unpaired) electrons. The Labute approximate surface area is 85.6 Å². The molecule has 4 nitrogen and oxygen atoms in total. The van der Waals surface area contributed by atoms with Gasteiger partial charge in [0.1, 0.15) is 6.79 Å². The third-order valence-corrected chi connectivity index (χ3v) is 2.37. The summed E-state index contributed by atoms with van der Waals surface area (Å²) < 4.78 is 10.5. The van der Waals surface area contributed by atoms with E-state index in [-0.39, 0.29) is 18.1 Å². The summed E-state index contributed by atoms with van der Waals surface area (Å²) in [6.07, 6.45) is 1.21. The predicted octanol–water partition coefficient (Wildman–Crippen LogP) is 0.357. The van der Waals surface area contributed by atoms with Gasteiger partial charge in [-0.05, 0) is 6.42 Å². The van der Waals surface area contributed by atoms with Crippen LogP contribution in [-0.2, 0) is 9.47 Å². The van der Waals surface area contributed by atoms with E-state index in [0.717, 1.165) is 26.1 Å². The minimum absolute atomic E-state index is 0.0504. The normalized spacial score (nSPS) is 23.8. The molecular formula is C10H21NO3. The number of nitrogens with one attached hydrogen (secondary N) is 1. The van der Waals surface area contributed by atoms with Crippen molar-refractivity contribution in [2.24, 2.45) is 5.41 Å². The van der Waals surface area contributed by atoms with Gasteiger partial charge in [-0.25, -0.2) is 0 Å². The minimum Gasteiger partial charge on any atom is -0.396 e. The third kappa shape index (κ3) is 4.37. The zero-order chi connectivity index (χ0) is 10.4. The molecule has 14 heavy (non-hydrogen) atoms. The highest BCUT2D eigenvalue weighted by Gasteiger charge is 2.18. The molecule has 0 saturated carbocycles. The van der Waals surface area contributed by atoms with Crippen LogP contribution in [0.25, 0.3) is 0 Å². The Morgan fingerprint density at radius 2 is 2.29 bits per heavy atom. The van der Waals surface area contributed by atoms with E-state index in [1.165, 1.54) is 0 Å². The Morgan fingerprint density at radius 3 is 2.86 bits per heavy atom. The zero-order valence-electron chi connectivity index (χ0n) is 9.08. The van der Waals surface area contributed by atoms with Crippen molar-refractivity contribution in [3.8, 4) is 0 Å². The molecule has 1 atom stereocenters. The highest BCUT2D eigenvalue weighted by atomic mass is 16.7. The maximum atomic E-state index is 9.04. The Balaban J connectivity index is 2.08. The molecule has 1 unspecified atom stereocenters. The lowest BCUT2D eigenvalue weighted by Gasteiger charge is -2.26. The van der Waals surface area contributed by atoms with E-state index >= 15 is 0 Å². The van der Waals surface area contributed by atoms with Crippen LogP contribution in [0, 0.1) is 5.41 Å². The van der Waals surface area contributed by atoms with Crippen molar-refractivity contribution in [1.29, 1.82) is 0 Å². The average molecular weight is 203 g/mol. The van der Waals surface area contributed by atoms with Gasteiger partial charge in [-0.3, -0.25) is 0 Å². The van der Waals surface area contributed by atoms with Crippen LogP contribution in [0.5, 0.6) is 0 Å². The molecule has 2 N–H and O–H groups in total. The maximum Gasteiger partial charge on any atom is 0.147 e. The fourth-order valence-electron chi connectivity index (χ4n) is 1.29. The maximum absolute atomic E-state index is 9.04. The molecule has 0 aromatic carbocycles. The van der Waals surface area contributed by atoms with Crippen LogP contribution < -0.4 is 5.32 Å². The first-order valence-electron chi connectivity index (χ1n) is 5.15. The van der Waals surface area contributed by atoms with Gasteiger partial charge in [-0.1, -0.05) is 13.8 Å². The van der Waals surface area contributed by atoms with Crippen molar-refractivity contribution >= 4 is 0 Å². The molecule has 4 heteroatoms. The third-order valence-electron chi connectivity index (χ3n) is 2.37. The van der Waals surface area contributed by atoms with Crippen molar-refractivity contribution in [2.75, 3.05) is 33.1 Å². The first-order valence-corrected chi connectivity index (χ1v) is 5.15. The topological polar surface area (TPSA) is 50.7 Å². The Bertz CT molecular complexity index is 155. The van der Waals surface area contributed by atoms with Crippen LogP contribution in [0.1, 0.15) is 20.3 Å². The molecule has 1 heterocycles. The van der Waals surface area contributed by atoms with Gasteiger partial charge in [0, 0.05) is 25.1 Å². The summed E-state index contributed by atoms with van der Waals surface area (Å²) in [4.78, 5) is 0. The van der Waals surface area contributed by atoms with E-state index in [0.29, 0.717) is 6.79 Å². The quantitative estimate of drug-likeness (QED) is 0.677. The molecule has 1 fully saturated rings. The summed E-state index contributed by atoms with van der Waals surface area (Å²) in [6.45, 7) is 7.12. The fourth-order valence-corrected chi connectivity index (χ4v) is 1.29. The minimum atomic E-state index is -0.0504. The Morgan fingerprint density at radius 1 is 1.50 bits per heavy atom. The summed E-state index contributed by atoms with van der Waals surface area (Å²) in [5, 5.41) is 12.3. The molecule has 0 aromatic heterocycles. The van der Waals surface area contributed by atoms with Crippen LogP contribution in [0.2, 0.25) is 0 Å². The molecule has 0 spiro atoms. The van der Waals surface area contributed by atoms with Crippen LogP contribution in [0.4, 0.5) is 0 Å². The summed E-state index contributed by atoms with van der Waals surface area (Å²) in [5.41, 5.74) is -0.0504. The number of ether oxygens (including phenoxy) is 2. The van der Waals surface area contributed by atoms with Gasteiger partial charge in [0.2, 0.25) is 0 Å². The second-order valence-corrected chi connectivity index (χ2v) is 4.56. The van der Waals surface area contributed by atoms with Gasteiger partial charge >= 0.3 is 0 Å². The smallest absolute Gasteiger partial charge is 0.147 e. The van der Waals surface area contributed by atoms with E-state index < -0.39 is 0 Å². The molecule has 1 aliphatic rings. The predicted molar refractivity (Wildman–Crippen MR) is 54.0 cm³/mol. The van der Waals surface area contributed by atoms with Crippen molar-refractivity contribution in [3.63, 3.8) is 0 Å². The first-order chi connectivity index (χ1) is 6.64. The van der Waals surface area contributed by atoms with E-state index in [4.69, 9.17) is 14.6 Å². The van der Waals surface area contributed by atoms with Crippen molar-refractivity contribution < 1.29 is 14.6 Å². The standard InChI is InChI=1S/C10H21NO3/c1-10(2,7-12)6-11-5-9-3-4-13-8-14-9/h9,11-12H,3-8H2,1-2H3. The van der Waals surface area contributed by atoms with E-state index in [1.54, 1.807) is 0 Å². The number of aliphatic hydroxyl groups is 1. The van der Waals surface area contributed by atoms with Crippen molar-refractivity contribution in [3.05, 3.63) is 0 Å². The van der Waals surface area contributed by atoms with Gasteiger partial charge in [-0.15, -0.1) is 0 Å². The number of aliphatic hydroxyl groups excluding tert-OH is 1. The Kier molecular flexibility index (Phi) is 4.81. The van der Waals surface area contributed by atoms with Gasteiger partial charge in [0.05, 0.1) is 12.7 Å². The van der Waals surface area contributed by atoms with E-state index in [9.17, 15) is 0 Å². The van der Waals surface area contributed by atoms with Gasteiger partial charge in [0.25, 0.3) is 0 Å². The monoisotopic (exact) mass is 203 g/mol. The highest BCUT2D eigenvalue weighted by molar-refractivity contribution is 4.72. The SMILES string of the molecule is CC(C)(CO)CNCC1CCOCO1. The number of hydrogen-bond acceptors (Lipinski definition) is 4. The zero-order valence-corrected chi connectivity index (χ0v) is 9.08. The number of rotatable bonds is 5. The number of hydrogen-bond donors (Lipinski definition) is 2. The average Bonchev–Trinajstić information content (AvgIpc) is 2.19. The lowest BCUT2D eigenvalue weighted by Crippen LogP contribution is -2.39. The first kappa shape index (κ1) is 11.9. The molecule has 1 saturated heterocycles. The summed E-state index contributed by atoms with van der Waals surface area (Å²) in [6, 6.07) is 0. The molecule has 0 aromatic rings. The summed E-state index contributed by atoms with van der Waals surface area (Å²) >= 11 is 0. The Hall–Kier alpha value is -0.160. The molecule has 0 aliphatic carbocycles. The van der Waals surface area contributed by atoms with Crippen LogP contribution in [0.3, 0.4) is 0 Å². The molecule has 1 rings (SSSR count). The van der Waals surface area contributed by atoms with E-state index in [2.05, 4.69) is 5.32 Å². The van der Waals surface area contributed by atoms with Gasteiger partial charge in [0.15, 0.2) is 0 Å². The molecule has 0 amide bonds. The lowest BCUT2D eigenvalue weighted by molar-refractivity contribution is -0.137.